The minimum atomic E-state index is -0.739. The molecule has 0 bridgehead atoms. The van der Waals surface area contributed by atoms with Gasteiger partial charge in [0.15, 0.2) is 18.1 Å². The summed E-state index contributed by atoms with van der Waals surface area (Å²) in [5.74, 6) is 1.16. The van der Waals surface area contributed by atoms with Crippen molar-refractivity contribution in [3.05, 3.63) is 90.0 Å². The normalized spacial score (nSPS) is 12.2. The monoisotopic (exact) mass is 504 g/mol. The van der Waals surface area contributed by atoms with Gasteiger partial charge in [-0.15, -0.1) is 0 Å². The number of carbonyl (C=O) groups is 2. The number of nitrogens with zero attached hydrogens (tertiary/aromatic N) is 1. The maximum absolute atomic E-state index is 13.7. The van der Waals surface area contributed by atoms with Crippen LogP contribution in [-0.4, -0.2) is 49.6 Å². The van der Waals surface area contributed by atoms with E-state index in [1.165, 1.54) is 0 Å². The van der Waals surface area contributed by atoms with Crippen LogP contribution in [0.3, 0.4) is 0 Å². The van der Waals surface area contributed by atoms with E-state index in [-0.39, 0.29) is 31.0 Å². The zero-order valence-corrected chi connectivity index (χ0v) is 22.0. The number of benzene rings is 3. The van der Waals surface area contributed by atoms with Crippen LogP contribution in [0.4, 0.5) is 0 Å². The standard InChI is InChI=1S/C30H36N2O5/c1-5-22(2)31-30(34)26(19-23-12-7-6-8-13-23)32(20-24-14-11-15-25(18-24)35-3)29(33)21-37-28-17-10-9-16-27(28)36-4/h6-18,22,26H,5,19-21H2,1-4H3,(H,31,34)/t22-,26+/m1/s1. The average Bonchev–Trinajstić information content (AvgIpc) is 2.94. The second kappa shape index (κ2) is 13.9. The van der Waals surface area contributed by atoms with Gasteiger partial charge in [-0.25, -0.2) is 0 Å². The largest absolute Gasteiger partial charge is 0.497 e. The first kappa shape index (κ1) is 27.6. The summed E-state index contributed by atoms with van der Waals surface area (Å²) in [7, 11) is 3.15. The molecule has 196 valence electrons. The lowest BCUT2D eigenvalue weighted by atomic mass is 10.0. The summed E-state index contributed by atoms with van der Waals surface area (Å²) >= 11 is 0. The van der Waals surface area contributed by atoms with E-state index in [2.05, 4.69) is 5.32 Å². The van der Waals surface area contributed by atoms with Crippen LogP contribution in [0.15, 0.2) is 78.9 Å². The molecule has 0 saturated heterocycles. The number of methoxy groups -OCH3 is 2. The third-order valence-corrected chi connectivity index (χ3v) is 6.18. The molecular formula is C30H36N2O5. The second-order valence-electron chi connectivity index (χ2n) is 8.84. The molecule has 7 nitrogen and oxygen atoms in total. The number of hydrogen-bond donors (Lipinski definition) is 1. The summed E-state index contributed by atoms with van der Waals surface area (Å²) < 4.78 is 16.6. The molecule has 2 amide bonds. The number of amides is 2. The van der Waals surface area contributed by atoms with Gasteiger partial charge in [-0.1, -0.05) is 61.5 Å². The molecule has 3 aromatic rings. The molecule has 37 heavy (non-hydrogen) atoms. The average molecular weight is 505 g/mol. The van der Waals surface area contributed by atoms with E-state index in [1.807, 2.05) is 80.6 Å². The van der Waals surface area contributed by atoms with Crippen LogP contribution >= 0.6 is 0 Å². The van der Waals surface area contributed by atoms with Crippen molar-refractivity contribution in [1.82, 2.24) is 10.2 Å². The molecule has 0 aromatic heterocycles. The number of nitrogens with one attached hydrogen (secondary N) is 1. The van der Waals surface area contributed by atoms with Crippen molar-refractivity contribution in [2.24, 2.45) is 0 Å². The molecule has 0 saturated carbocycles. The zero-order chi connectivity index (χ0) is 26.6. The summed E-state index contributed by atoms with van der Waals surface area (Å²) in [6, 6.07) is 23.6. The van der Waals surface area contributed by atoms with Crippen molar-refractivity contribution in [1.29, 1.82) is 0 Å². The van der Waals surface area contributed by atoms with Gasteiger partial charge < -0.3 is 24.4 Å². The van der Waals surface area contributed by atoms with Crippen LogP contribution in [0.2, 0.25) is 0 Å². The van der Waals surface area contributed by atoms with Gasteiger partial charge in [0.1, 0.15) is 11.8 Å². The number of rotatable bonds is 13. The van der Waals surface area contributed by atoms with Gasteiger partial charge in [0.2, 0.25) is 5.91 Å². The fraction of sp³-hybridized carbons (Fsp3) is 0.333. The number of ether oxygens (including phenoxy) is 3. The molecular weight excluding hydrogens is 468 g/mol. The molecule has 0 aliphatic carbocycles. The Morgan fingerprint density at radius 2 is 1.54 bits per heavy atom. The summed E-state index contributed by atoms with van der Waals surface area (Å²) in [6.07, 6.45) is 1.15. The van der Waals surface area contributed by atoms with Gasteiger partial charge in [-0.2, -0.15) is 0 Å². The topological polar surface area (TPSA) is 77.1 Å². The van der Waals surface area contributed by atoms with Gasteiger partial charge in [-0.05, 0) is 48.7 Å². The summed E-state index contributed by atoms with van der Waals surface area (Å²) in [6.45, 7) is 3.94. The van der Waals surface area contributed by atoms with E-state index in [0.717, 1.165) is 17.5 Å². The van der Waals surface area contributed by atoms with Crippen LogP contribution < -0.4 is 19.5 Å². The lowest BCUT2D eigenvalue weighted by molar-refractivity contribution is -0.143. The quantitative estimate of drug-likeness (QED) is 0.367. The van der Waals surface area contributed by atoms with E-state index < -0.39 is 6.04 Å². The lowest BCUT2D eigenvalue weighted by Gasteiger charge is -2.32. The molecule has 3 aromatic carbocycles. The second-order valence-corrected chi connectivity index (χ2v) is 8.84. The summed E-state index contributed by atoms with van der Waals surface area (Å²) in [5.41, 5.74) is 1.81. The highest BCUT2D eigenvalue weighted by Crippen LogP contribution is 2.26. The Balaban J connectivity index is 1.94. The van der Waals surface area contributed by atoms with Gasteiger partial charge in [-0.3, -0.25) is 9.59 Å². The fourth-order valence-electron chi connectivity index (χ4n) is 3.92. The first-order valence-corrected chi connectivity index (χ1v) is 12.5. The first-order valence-electron chi connectivity index (χ1n) is 12.5. The maximum atomic E-state index is 13.7. The van der Waals surface area contributed by atoms with Crippen LogP contribution in [0.25, 0.3) is 0 Å². The van der Waals surface area contributed by atoms with Crippen molar-refractivity contribution >= 4 is 11.8 Å². The molecule has 0 radical (unpaired) electrons. The van der Waals surface area contributed by atoms with Crippen LogP contribution in [-0.2, 0) is 22.6 Å². The third-order valence-electron chi connectivity index (χ3n) is 6.18. The Kier molecular flexibility index (Phi) is 10.4. The van der Waals surface area contributed by atoms with Crippen molar-refractivity contribution in [2.75, 3.05) is 20.8 Å². The molecule has 0 aliphatic rings. The Labute approximate surface area is 219 Å². The van der Waals surface area contributed by atoms with Crippen molar-refractivity contribution in [3.8, 4) is 17.2 Å². The van der Waals surface area contributed by atoms with Crippen molar-refractivity contribution < 1.29 is 23.8 Å². The number of carbonyl (C=O) groups excluding carboxylic acids is 2. The summed E-state index contributed by atoms with van der Waals surface area (Å²) in [5, 5.41) is 3.07. The minimum Gasteiger partial charge on any atom is -0.497 e. The Morgan fingerprint density at radius 1 is 0.865 bits per heavy atom. The van der Waals surface area contributed by atoms with E-state index in [1.54, 1.807) is 31.3 Å². The lowest BCUT2D eigenvalue weighted by Crippen LogP contribution is -2.53. The molecule has 0 spiro atoms. The van der Waals surface area contributed by atoms with Gasteiger partial charge in [0, 0.05) is 19.0 Å². The van der Waals surface area contributed by atoms with Crippen LogP contribution in [0.1, 0.15) is 31.4 Å². The van der Waals surface area contributed by atoms with E-state index in [9.17, 15) is 9.59 Å². The first-order chi connectivity index (χ1) is 17.9. The Morgan fingerprint density at radius 3 is 2.22 bits per heavy atom. The zero-order valence-electron chi connectivity index (χ0n) is 22.0. The predicted octanol–water partition coefficient (Wildman–Crippen LogP) is 4.64. The maximum Gasteiger partial charge on any atom is 0.261 e. The molecule has 1 N–H and O–H groups in total. The molecule has 0 unspecified atom stereocenters. The van der Waals surface area contributed by atoms with Crippen molar-refractivity contribution in [3.63, 3.8) is 0 Å². The molecule has 3 rings (SSSR count). The van der Waals surface area contributed by atoms with E-state index in [4.69, 9.17) is 14.2 Å². The molecule has 2 atom stereocenters. The summed E-state index contributed by atoms with van der Waals surface area (Å²) in [4.78, 5) is 28.9. The van der Waals surface area contributed by atoms with Crippen molar-refractivity contribution in [2.45, 2.75) is 45.3 Å². The highest BCUT2D eigenvalue weighted by Gasteiger charge is 2.31. The SMILES string of the molecule is CC[C@@H](C)NC(=O)[C@H](Cc1ccccc1)N(Cc1cccc(OC)c1)C(=O)COc1ccccc1OC. The molecule has 0 heterocycles. The molecule has 0 aliphatic heterocycles. The van der Waals surface area contributed by atoms with E-state index in [0.29, 0.717) is 23.7 Å². The minimum absolute atomic E-state index is 0.0237. The number of para-hydroxylation sites is 2. The molecule has 0 fully saturated rings. The highest BCUT2D eigenvalue weighted by atomic mass is 16.5. The Hall–Kier alpha value is -4.00. The van der Waals surface area contributed by atoms with Gasteiger partial charge in [0.25, 0.3) is 5.91 Å². The predicted molar refractivity (Wildman–Crippen MR) is 144 cm³/mol. The van der Waals surface area contributed by atoms with Gasteiger partial charge in [0.05, 0.1) is 14.2 Å². The fourth-order valence-corrected chi connectivity index (χ4v) is 3.92. The van der Waals surface area contributed by atoms with E-state index >= 15 is 0 Å². The highest BCUT2D eigenvalue weighted by molar-refractivity contribution is 5.88. The Bertz CT molecular complexity index is 1150. The number of hydrogen-bond acceptors (Lipinski definition) is 5. The third kappa shape index (κ3) is 8.00. The smallest absolute Gasteiger partial charge is 0.261 e. The van der Waals surface area contributed by atoms with Gasteiger partial charge >= 0.3 is 0 Å². The van der Waals surface area contributed by atoms with Crippen LogP contribution in [0, 0.1) is 0 Å². The molecule has 7 heteroatoms. The van der Waals surface area contributed by atoms with Crippen LogP contribution in [0.5, 0.6) is 17.2 Å².